The minimum Gasteiger partial charge on any atom is -0.493 e. The number of methoxy groups -OCH3 is 1. The SMILES string of the molecule is COc1cc(C=C2N=C(c3ccc(Cl)cc3)OC2=O)ccc1OC(=O)c1cccc(F)c1. The van der Waals surface area contributed by atoms with Crippen LogP contribution in [0.5, 0.6) is 11.5 Å². The fraction of sp³-hybridized carbons (Fsp3) is 0.0417. The van der Waals surface area contributed by atoms with Gasteiger partial charge in [0.05, 0.1) is 12.7 Å². The van der Waals surface area contributed by atoms with Gasteiger partial charge in [0.25, 0.3) is 0 Å². The van der Waals surface area contributed by atoms with Crippen molar-refractivity contribution in [2.45, 2.75) is 0 Å². The molecule has 6 nitrogen and oxygen atoms in total. The molecule has 0 spiro atoms. The van der Waals surface area contributed by atoms with E-state index in [-0.39, 0.29) is 28.7 Å². The Balaban J connectivity index is 1.57. The zero-order valence-corrected chi connectivity index (χ0v) is 17.4. The fourth-order valence-corrected chi connectivity index (χ4v) is 3.04. The molecule has 3 aromatic carbocycles. The minimum absolute atomic E-state index is 0.0658. The first-order valence-corrected chi connectivity index (χ1v) is 9.75. The normalized spacial score (nSPS) is 14.2. The van der Waals surface area contributed by atoms with Gasteiger partial charge in [0, 0.05) is 10.6 Å². The average molecular weight is 452 g/mol. The van der Waals surface area contributed by atoms with Crippen LogP contribution in [0.1, 0.15) is 21.5 Å². The molecule has 1 heterocycles. The Morgan fingerprint density at radius 2 is 1.84 bits per heavy atom. The molecule has 0 saturated heterocycles. The summed E-state index contributed by atoms with van der Waals surface area (Å²) >= 11 is 5.88. The molecule has 160 valence electrons. The van der Waals surface area contributed by atoms with Crippen LogP contribution in [0.4, 0.5) is 4.39 Å². The Labute approximate surface area is 187 Å². The number of aliphatic imine (C=N–C) groups is 1. The van der Waals surface area contributed by atoms with Gasteiger partial charge >= 0.3 is 11.9 Å². The molecule has 0 amide bonds. The van der Waals surface area contributed by atoms with Crippen LogP contribution in [0.2, 0.25) is 5.02 Å². The number of cyclic esters (lactones) is 1. The summed E-state index contributed by atoms with van der Waals surface area (Å²) in [4.78, 5) is 28.7. The standard InChI is InChI=1S/C24H15ClFNO5/c1-30-21-12-14(5-10-20(21)31-23(28)16-3-2-4-18(26)13-16)11-19-24(29)32-22(27-19)15-6-8-17(25)9-7-15/h2-13H,1H3. The van der Waals surface area contributed by atoms with E-state index < -0.39 is 17.8 Å². The molecular formula is C24H15ClFNO5. The van der Waals surface area contributed by atoms with E-state index in [0.29, 0.717) is 16.1 Å². The van der Waals surface area contributed by atoms with Gasteiger partial charge in [-0.3, -0.25) is 0 Å². The third kappa shape index (κ3) is 4.68. The molecule has 0 aromatic heterocycles. The van der Waals surface area contributed by atoms with Crippen LogP contribution >= 0.6 is 11.6 Å². The number of carbonyl (C=O) groups is 2. The number of benzene rings is 3. The smallest absolute Gasteiger partial charge is 0.363 e. The minimum atomic E-state index is -0.731. The largest absolute Gasteiger partial charge is 0.493 e. The van der Waals surface area contributed by atoms with Gasteiger partial charge in [0.15, 0.2) is 17.2 Å². The summed E-state index contributed by atoms with van der Waals surface area (Å²) in [6, 6.07) is 16.6. The fourth-order valence-electron chi connectivity index (χ4n) is 2.92. The highest BCUT2D eigenvalue weighted by molar-refractivity contribution is 6.30. The topological polar surface area (TPSA) is 74.2 Å². The Bertz CT molecular complexity index is 1270. The maximum atomic E-state index is 13.4. The van der Waals surface area contributed by atoms with Gasteiger partial charge in [-0.15, -0.1) is 0 Å². The molecule has 0 aliphatic carbocycles. The predicted octanol–water partition coefficient (Wildman–Crippen LogP) is 5.05. The molecule has 0 unspecified atom stereocenters. The summed E-state index contributed by atoms with van der Waals surface area (Å²) in [7, 11) is 1.41. The van der Waals surface area contributed by atoms with Crippen molar-refractivity contribution in [3.05, 3.63) is 100.0 Å². The van der Waals surface area contributed by atoms with Gasteiger partial charge in [-0.05, 0) is 66.2 Å². The van der Waals surface area contributed by atoms with E-state index in [9.17, 15) is 14.0 Å². The van der Waals surface area contributed by atoms with Crippen molar-refractivity contribution in [3.63, 3.8) is 0 Å². The Morgan fingerprint density at radius 1 is 1.06 bits per heavy atom. The monoisotopic (exact) mass is 451 g/mol. The maximum Gasteiger partial charge on any atom is 0.363 e. The van der Waals surface area contributed by atoms with Crippen LogP contribution < -0.4 is 9.47 Å². The summed E-state index contributed by atoms with van der Waals surface area (Å²) in [5.74, 6) is -1.32. The van der Waals surface area contributed by atoms with Crippen molar-refractivity contribution in [1.29, 1.82) is 0 Å². The molecule has 0 atom stereocenters. The van der Waals surface area contributed by atoms with Crippen LogP contribution in [0.25, 0.3) is 6.08 Å². The highest BCUT2D eigenvalue weighted by Crippen LogP contribution is 2.30. The Morgan fingerprint density at radius 3 is 2.56 bits per heavy atom. The second-order valence-electron chi connectivity index (χ2n) is 6.65. The molecule has 1 aliphatic rings. The van der Waals surface area contributed by atoms with Gasteiger partial charge in [-0.1, -0.05) is 23.7 Å². The number of esters is 2. The second-order valence-corrected chi connectivity index (χ2v) is 7.09. The molecule has 0 radical (unpaired) electrons. The molecule has 1 aliphatic heterocycles. The third-order valence-corrected chi connectivity index (χ3v) is 4.72. The van der Waals surface area contributed by atoms with E-state index >= 15 is 0 Å². The van der Waals surface area contributed by atoms with Crippen molar-refractivity contribution < 1.29 is 28.2 Å². The molecule has 8 heteroatoms. The number of carbonyl (C=O) groups excluding carboxylic acids is 2. The Kier molecular flexibility index (Phi) is 6.00. The van der Waals surface area contributed by atoms with Gasteiger partial charge in [0.2, 0.25) is 5.90 Å². The molecular weight excluding hydrogens is 437 g/mol. The number of rotatable bonds is 5. The summed E-state index contributed by atoms with van der Waals surface area (Å²) in [5.41, 5.74) is 1.35. The lowest BCUT2D eigenvalue weighted by molar-refractivity contribution is -0.129. The highest BCUT2D eigenvalue weighted by Gasteiger charge is 2.24. The van der Waals surface area contributed by atoms with Crippen molar-refractivity contribution >= 4 is 35.5 Å². The third-order valence-electron chi connectivity index (χ3n) is 4.47. The number of hydrogen-bond acceptors (Lipinski definition) is 6. The van der Waals surface area contributed by atoms with Crippen LogP contribution in [0.3, 0.4) is 0 Å². The molecule has 3 aromatic rings. The van der Waals surface area contributed by atoms with Gasteiger partial charge in [0.1, 0.15) is 5.82 Å². The predicted molar refractivity (Wildman–Crippen MR) is 116 cm³/mol. The van der Waals surface area contributed by atoms with E-state index in [1.54, 1.807) is 36.4 Å². The van der Waals surface area contributed by atoms with Crippen molar-refractivity contribution in [2.75, 3.05) is 7.11 Å². The summed E-state index contributed by atoms with van der Waals surface area (Å²) < 4.78 is 29.2. The number of ether oxygens (including phenoxy) is 3. The van der Waals surface area contributed by atoms with E-state index in [2.05, 4.69) is 4.99 Å². The molecule has 32 heavy (non-hydrogen) atoms. The molecule has 0 N–H and O–H groups in total. The first kappa shape index (κ1) is 21.3. The first-order chi connectivity index (χ1) is 15.4. The molecule has 0 fully saturated rings. The van der Waals surface area contributed by atoms with Crippen LogP contribution in [0, 0.1) is 5.82 Å². The van der Waals surface area contributed by atoms with E-state index in [0.717, 1.165) is 6.07 Å². The molecule has 0 saturated carbocycles. The van der Waals surface area contributed by atoms with Crippen molar-refractivity contribution in [1.82, 2.24) is 0 Å². The second kappa shape index (κ2) is 9.03. The van der Waals surface area contributed by atoms with Crippen LogP contribution in [0.15, 0.2) is 77.4 Å². The van der Waals surface area contributed by atoms with Gasteiger partial charge in [-0.2, -0.15) is 0 Å². The number of halogens is 2. The highest BCUT2D eigenvalue weighted by atomic mass is 35.5. The lowest BCUT2D eigenvalue weighted by Gasteiger charge is -2.10. The average Bonchev–Trinajstić information content (AvgIpc) is 3.15. The number of hydrogen-bond donors (Lipinski definition) is 0. The summed E-state index contributed by atoms with van der Waals surface area (Å²) in [6.45, 7) is 0. The first-order valence-electron chi connectivity index (χ1n) is 9.37. The van der Waals surface area contributed by atoms with Crippen LogP contribution in [-0.2, 0) is 9.53 Å². The number of nitrogens with zero attached hydrogens (tertiary/aromatic N) is 1. The van der Waals surface area contributed by atoms with Gasteiger partial charge < -0.3 is 14.2 Å². The van der Waals surface area contributed by atoms with E-state index in [1.165, 1.54) is 37.5 Å². The van der Waals surface area contributed by atoms with E-state index in [4.69, 9.17) is 25.8 Å². The Hall–Kier alpha value is -3.97. The maximum absolute atomic E-state index is 13.4. The molecule has 4 rings (SSSR count). The summed E-state index contributed by atoms with van der Waals surface area (Å²) in [5, 5.41) is 0.555. The molecule has 0 bridgehead atoms. The lowest BCUT2D eigenvalue weighted by Crippen LogP contribution is -2.09. The van der Waals surface area contributed by atoms with Gasteiger partial charge in [-0.25, -0.2) is 19.0 Å². The van der Waals surface area contributed by atoms with Crippen LogP contribution in [-0.4, -0.2) is 24.9 Å². The van der Waals surface area contributed by atoms with Crippen molar-refractivity contribution in [2.24, 2.45) is 4.99 Å². The van der Waals surface area contributed by atoms with E-state index in [1.807, 2.05) is 0 Å². The zero-order valence-electron chi connectivity index (χ0n) is 16.7. The lowest BCUT2D eigenvalue weighted by atomic mass is 10.1. The summed E-state index contributed by atoms with van der Waals surface area (Å²) in [6.07, 6.45) is 1.52. The van der Waals surface area contributed by atoms with Crippen molar-refractivity contribution in [3.8, 4) is 11.5 Å². The zero-order chi connectivity index (χ0) is 22.7. The quantitative estimate of drug-likeness (QED) is 0.308.